The molecule has 174 valence electrons. The highest BCUT2D eigenvalue weighted by molar-refractivity contribution is 7.99. The van der Waals surface area contributed by atoms with Gasteiger partial charge in [-0.05, 0) is 61.7 Å². The van der Waals surface area contributed by atoms with Crippen molar-refractivity contribution in [2.24, 2.45) is 5.92 Å². The number of nitrogens with one attached hydrogen (secondary N) is 2. The summed E-state index contributed by atoms with van der Waals surface area (Å²) in [7, 11) is -3.87. The van der Waals surface area contributed by atoms with Gasteiger partial charge < -0.3 is 5.32 Å². The van der Waals surface area contributed by atoms with Gasteiger partial charge in [-0.2, -0.15) is 4.72 Å². The van der Waals surface area contributed by atoms with Gasteiger partial charge in [-0.3, -0.25) is 4.79 Å². The zero-order valence-electron chi connectivity index (χ0n) is 18.7. The first-order chi connectivity index (χ1) is 15.6. The minimum atomic E-state index is -3.87. The number of rotatable bonds is 9. The van der Waals surface area contributed by atoms with Crippen LogP contribution in [0.5, 0.6) is 0 Å². The maximum absolute atomic E-state index is 13.2. The summed E-state index contributed by atoms with van der Waals surface area (Å²) in [6.07, 6.45) is 0.346. The largest absolute Gasteiger partial charge is 0.324 e. The number of carbonyl (C=O) groups is 1. The summed E-state index contributed by atoms with van der Waals surface area (Å²) >= 11 is 7.68. The van der Waals surface area contributed by atoms with Crippen LogP contribution in [0.4, 0.5) is 5.69 Å². The third kappa shape index (κ3) is 7.33. The molecule has 0 aromatic heterocycles. The number of hydrogen-bond donors (Lipinski definition) is 2. The minimum Gasteiger partial charge on any atom is -0.324 e. The van der Waals surface area contributed by atoms with Crippen molar-refractivity contribution in [2.75, 3.05) is 5.32 Å². The van der Waals surface area contributed by atoms with Crippen molar-refractivity contribution < 1.29 is 13.2 Å². The molecule has 0 spiro atoms. The molecule has 3 aromatic carbocycles. The molecule has 1 amide bonds. The van der Waals surface area contributed by atoms with Gasteiger partial charge in [0, 0.05) is 14.8 Å². The Morgan fingerprint density at radius 3 is 2.30 bits per heavy atom. The second-order valence-electron chi connectivity index (χ2n) is 8.16. The zero-order valence-corrected chi connectivity index (χ0v) is 21.1. The highest BCUT2D eigenvalue weighted by Gasteiger charge is 2.27. The van der Waals surface area contributed by atoms with Crippen LogP contribution in [0.1, 0.15) is 25.8 Å². The van der Waals surface area contributed by atoms with Crippen LogP contribution in [0.25, 0.3) is 0 Å². The average Bonchev–Trinajstić information content (AvgIpc) is 2.76. The fraction of sp³-hybridized carbons (Fsp3) is 0.240. The van der Waals surface area contributed by atoms with E-state index >= 15 is 0 Å². The van der Waals surface area contributed by atoms with E-state index in [1.807, 2.05) is 57.2 Å². The summed E-state index contributed by atoms with van der Waals surface area (Å²) in [6, 6.07) is 20.6. The normalized spacial score (nSPS) is 12.5. The summed E-state index contributed by atoms with van der Waals surface area (Å²) in [5.41, 5.74) is 1.49. The van der Waals surface area contributed by atoms with Crippen molar-refractivity contribution in [3.63, 3.8) is 0 Å². The Hall–Kier alpha value is -2.32. The second kappa shape index (κ2) is 11.2. The second-order valence-corrected chi connectivity index (χ2v) is 11.4. The molecule has 0 fully saturated rings. The van der Waals surface area contributed by atoms with Crippen LogP contribution < -0.4 is 10.0 Å². The van der Waals surface area contributed by atoms with E-state index in [-0.39, 0.29) is 10.8 Å². The van der Waals surface area contributed by atoms with Gasteiger partial charge in [0.05, 0.1) is 10.6 Å². The summed E-state index contributed by atoms with van der Waals surface area (Å²) in [6.45, 7) is 5.77. The highest BCUT2D eigenvalue weighted by atomic mass is 35.5. The van der Waals surface area contributed by atoms with Crippen molar-refractivity contribution >= 4 is 45.0 Å². The average molecular weight is 503 g/mol. The molecule has 0 radical (unpaired) electrons. The molecule has 0 saturated heterocycles. The van der Waals surface area contributed by atoms with Gasteiger partial charge in [0.15, 0.2) is 0 Å². The molecular formula is C25H27ClN2O3S2. The smallest absolute Gasteiger partial charge is 0.242 e. The molecule has 0 saturated carbocycles. The molecule has 8 heteroatoms. The Morgan fingerprint density at radius 1 is 1.00 bits per heavy atom. The quantitative estimate of drug-likeness (QED) is 0.369. The topological polar surface area (TPSA) is 75.3 Å². The Labute approximate surface area is 205 Å². The van der Waals surface area contributed by atoms with Crippen LogP contribution >= 0.6 is 23.4 Å². The molecule has 0 aliphatic carbocycles. The van der Waals surface area contributed by atoms with Crippen molar-refractivity contribution in [2.45, 2.75) is 47.9 Å². The molecule has 1 atom stereocenters. The fourth-order valence-electron chi connectivity index (χ4n) is 3.18. The van der Waals surface area contributed by atoms with E-state index in [2.05, 4.69) is 10.0 Å². The van der Waals surface area contributed by atoms with E-state index < -0.39 is 22.0 Å². The molecular weight excluding hydrogens is 476 g/mol. The predicted octanol–water partition coefficient (Wildman–Crippen LogP) is 6.13. The third-order valence-electron chi connectivity index (χ3n) is 4.82. The number of amides is 1. The molecule has 0 unspecified atom stereocenters. The third-order valence-corrected chi connectivity index (χ3v) is 7.63. The Balaban J connectivity index is 1.84. The van der Waals surface area contributed by atoms with Gasteiger partial charge >= 0.3 is 0 Å². The molecule has 2 N–H and O–H groups in total. The van der Waals surface area contributed by atoms with Crippen molar-refractivity contribution in [3.05, 3.63) is 83.4 Å². The summed E-state index contributed by atoms with van der Waals surface area (Å²) in [4.78, 5) is 15.2. The van der Waals surface area contributed by atoms with Crippen LogP contribution in [-0.2, 0) is 14.8 Å². The molecule has 5 nitrogen and oxygen atoms in total. The number of benzene rings is 3. The SMILES string of the molecule is Cc1ccc(S(=O)(=O)N[C@H](CC(C)C)C(=O)Nc2cc(Cl)ccc2Sc2ccccc2)cc1. The lowest BCUT2D eigenvalue weighted by atomic mass is 10.0. The number of anilines is 1. The molecule has 0 aliphatic rings. The van der Waals surface area contributed by atoms with Crippen molar-refractivity contribution in [1.82, 2.24) is 4.72 Å². The van der Waals surface area contributed by atoms with Gasteiger partial charge in [-0.15, -0.1) is 0 Å². The number of aryl methyl sites for hydroxylation is 1. The molecule has 3 rings (SSSR count). The van der Waals surface area contributed by atoms with E-state index in [4.69, 9.17) is 11.6 Å². The van der Waals surface area contributed by atoms with Crippen LogP contribution in [-0.4, -0.2) is 20.4 Å². The van der Waals surface area contributed by atoms with Crippen LogP contribution in [0.15, 0.2) is 87.5 Å². The van der Waals surface area contributed by atoms with Crippen molar-refractivity contribution in [1.29, 1.82) is 0 Å². The Bertz CT molecular complexity index is 1200. The van der Waals surface area contributed by atoms with Crippen LogP contribution in [0.2, 0.25) is 5.02 Å². The lowest BCUT2D eigenvalue weighted by Crippen LogP contribution is -2.44. The van der Waals surface area contributed by atoms with E-state index in [0.717, 1.165) is 15.4 Å². The molecule has 0 bridgehead atoms. The number of sulfonamides is 1. The molecule has 33 heavy (non-hydrogen) atoms. The number of hydrogen-bond acceptors (Lipinski definition) is 4. The van der Waals surface area contributed by atoms with Gasteiger partial charge in [-0.25, -0.2) is 8.42 Å². The predicted molar refractivity (Wildman–Crippen MR) is 135 cm³/mol. The molecule has 0 aliphatic heterocycles. The number of carbonyl (C=O) groups excluding carboxylic acids is 1. The van der Waals surface area contributed by atoms with Gasteiger partial charge in [0.25, 0.3) is 0 Å². The first kappa shape index (κ1) is 25.3. The summed E-state index contributed by atoms with van der Waals surface area (Å²) in [5, 5.41) is 3.36. The number of halogens is 1. The molecule has 3 aromatic rings. The van der Waals surface area contributed by atoms with Crippen LogP contribution in [0, 0.1) is 12.8 Å². The Morgan fingerprint density at radius 2 is 1.67 bits per heavy atom. The first-order valence-corrected chi connectivity index (χ1v) is 13.2. The van der Waals surface area contributed by atoms with E-state index in [0.29, 0.717) is 17.1 Å². The summed E-state index contributed by atoms with van der Waals surface area (Å²) < 4.78 is 28.5. The van der Waals surface area contributed by atoms with Crippen molar-refractivity contribution in [3.8, 4) is 0 Å². The van der Waals surface area contributed by atoms with Gasteiger partial charge in [0.1, 0.15) is 6.04 Å². The van der Waals surface area contributed by atoms with E-state index in [9.17, 15) is 13.2 Å². The maximum Gasteiger partial charge on any atom is 0.242 e. The highest BCUT2D eigenvalue weighted by Crippen LogP contribution is 2.35. The zero-order chi connectivity index (χ0) is 24.0. The van der Waals surface area contributed by atoms with Gasteiger partial charge in [0.2, 0.25) is 15.9 Å². The summed E-state index contributed by atoms with van der Waals surface area (Å²) in [5.74, 6) is -0.337. The van der Waals surface area contributed by atoms with Gasteiger partial charge in [-0.1, -0.05) is 73.1 Å². The monoisotopic (exact) mass is 502 g/mol. The maximum atomic E-state index is 13.2. The fourth-order valence-corrected chi connectivity index (χ4v) is 5.46. The lowest BCUT2D eigenvalue weighted by molar-refractivity contribution is -0.118. The first-order valence-electron chi connectivity index (χ1n) is 10.6. The standard InChI is InChI=1S/C25H27ClN2O3S2/c1-17(2)15-23(28-33(30,31)21-12-9-18(3)10-13-21)25(29)27-22-16-19(26)11-14-24(22)32-20-7-5-4-6-8-20/h4-14,16-17,23,28H,15H2,1-3H3,(H,27,29)/t23-/m1/s1. The lowest BCUT2D eigenvalue weighted by Gasteiger charge is -2.21. The Kier molecular flexibility index (Phi) is 8.59. The van der Waals surface area contributed by atoms with E-state index in [1.165, 1.54) is 23.9 Å². The van der Waals surface area contributed by atoms with E-state index in [1.54, 1.807) is 24.3 Å². The van der Waals surface area contributed by atoms with Crippen LogP contribution in [0.3, 0.4) is 0 Å². The molecule has 0 heterocycles. The minimum absolute atomic E-state index is 0.0963.